The van der Waals surface area contributed by atoms with Crippen LogP contribution in [-0.4, -0.2) is 50.4 Å². The van der Waals surface area contributed by atoms with Gasteiger partial charge in [0.15, 0.2) is 5.82 Å². The summed E-state index contributed by atoms with van der Waals surface area (Å²) in [5.41, 5.74) is 3.28. The molecule has 2 aromatic carbocycles. The molecule has 6 aromatic rings. The average Bonchev–Trinajstić information content (AvgIpc) is 3.63. The van der Waals surface area contributed by atoms with Gasteiger partial charge in [-0.2, -0.15) is 10.1 Å². The van der Waals surface area contributed by atoms with Crippen LogP contribution in [0.3, 0.4) is 0 Å². The lowest BCUT2D eigenvalue weighted by Gasteiger charge is -2.19. The molecule has 4 aromatic heterocycles. The van der Waals surface area contributed by atoms with Crippen molar-refractivity contribution in [2.45, 2.75) is 26.1 Å². The van der Waals surface area contributed by atoms with Gasteiger partial charge in [0.1, 0.15) is 35.1 Å². The fourth-order valence-corrected chi connectivity index (χ4v) is 7.34. The van der Waals surface area contributed by atoms with E-state index in [1.165, 1.54) is 22.2 Å². The number of esters is 1. The largest absolute Gasteiger partial charge is 0.496 e. The number of hydrogen-bond donors (Lipinski definition) is 0. The third kappa shape index (κ3) is 7.05. The Hall–Kier alpha value is -4.23. The van der Waals surface area contributed by atoms with Gasteiger partial charge in [0, 0.05) is 23.1 Å². The third-order valence-electron chi connectivity index (χ3n) is 7.01. The normalized spacial score (nSPS) is 11.8. The highest BCUT2D eigenvalue weighted by atomic mass is 79.9. The van der Waals surface area contributed by atoms with Crippen molar-refractivity contribution in [2.24, 2.45) is 0 Å². The molecule has 47 heavy (non-hydrogen) atoms. The van der Waals surface area contributed by atoms with Gasteiger partial charge in [-0.05, 0) is 64.8 Å². The van der Waals surface area contributed by atoms with Crippen LogP contribution < -0.4 is 14.2 Å². The van der Waals surface area contributed by atoms with Gasteiger partial charge < -0.3 is 18.9 Å². The van der Waals surface area contributed by atoms with E-state index in [4.69, 9.17) is 42.1 Å². The molecule has 4 heterocycles. The van der Waals surface area contributed by atoms with Crippen molar-refractivity contribution in [2.75, 3.05) is 13.7 Å². The van der Waals surface area contributed by atoms with Crippen LogP contribution in [0.25, 0.3) is 27.3 Å². The van der Waals surface area contributed by atoms with E-state index in [1.807, 2.05) is 54.6 Å². The van der Waals surface area contributed by atoms with Crippen LogP contribution in [0.15, 0.2) is 83.7 Å². The topological polar surface area (TPSA) is 110 Å². The van der Waals surface area contributed by atoms with E-state index in [0.29, 0.717) is 48.1 Å². The molecule has 0 aliphatic carbocycles. The van der Waals surface area contributed by atoms with Gasteiger partial charge >= 0.3 is 5.97 Å². The van der Waals surface area contributed by atoms with Crippen LogP contribution in [0.4, 0.5) is 0 Å². The Morgan fingerprint density at radius 3 is 2.57 bits per heavy atom. The smallest absolute Gasteiger partial charge is 0.347 e. The number of hydrogen-bond acceptors (Lipinski definition) is 10. The molecule has 0 radical (unpaired) electrons. The molecule has 0 spiro atoms. The summed E-state index contributed by atoms with van der Waals surface area (Å²) in [4.78, 5) is 27.6. The fraction of sp³-hybridized carbons (Fsp3) is 0.182. The number of fused-ring (bicyclic) bond motifs is 1. The maximum absolute atomic E-state index is 13.3. The first-order valence-corrected chi connectivity index (χ1v) is 16.7. The van der Waals surface area contributed by atoms with Gasteiger partial charge in [0.25, 0.3) is 0 Å². The molecule has 0 N–H and O–H groups in total. The standard InChI is InChI=1S/C33H26BrCl2N5O5S/c1-3-44-33(42)24(46-32-29-28(34)27(25-12-13-26(35)47-25)30(36)41(29)39-18-38-32)16-19-8-4-6-10-22(19)45-17-20-14-15-37-31(40-20)21-9-5-7-11-23(21)43-2/h4-15,18,24H,3,16-17H2,1-2H3/t24-/m1/s1. The van der Waals surface area contributed by atoms with Gasteiger partial charge in [-0.3, -0.25) is 0 Å². The lowest BCUT2D eigenvalue weighted by atomic mass is 10.1. The summed E-state index contributed by atoms with van der Waals surface area (Å²) in [5.74, 6) is 1.33. The minimum Gasteiger partial charge on any atom is -0.496 e. The Bertz CT molecular complexity index is 2060. The summed E-state index contributed by atoms with van der Waals surface area (Å²) >= 11 is 18.0. The number of rotatable bonds is 12. The summed E-state index contributed by atoms with van der Waals surface area (Å²) in [6.07, 6.45) is 2.04. The van der Waals surface area contributed by atoms with Crippen LogP contribution in [0.5, 0.6) is 17.4 Å². The van der Waals surface area contributed by atoms with E-state index in [1.54, 1.807) is 32.4 Å². The summed E-state index contributed by atoms with van der Waals surface area (Å²) in [6, 6.07) is 20.4. The molecule has 240 valence electrons. The highest BCUT2D eigenvalue weighted by molar-refractivity contribution is 9.10. The van der Waals surface area contributed by atoms with E-state index in [0.717, 1.165) is 16.0 Å². The molecule has 0 amide bonds. The first-order chi connectivity index (χ1) is 22.9. The van der Waals surface area contributed by atoms with Crippen LogP contribution in [0.1, 0.15) is 18.2 Å². The number of halogens is 3. The number of para-hydroxylation sites is 2. The fourth-order valence-electron chi connectivity index (χ4n) is 4.88. The lowest BCUT2D eigenvalue weighted by molar-refractivity contribution is -0.151. The first-order valence-electron chi connectivity index (χ1n) is 14.3. The van der Waals surface area contributed by atoms with Gasteiger partial charge in [0.2, 0.25) is 12.0 Å². The SMILES string of the molecule is CCOC(=O)[C@@H](Cc1ccccc1OCc1ccnc(-c2ccccc2OC)n1)Oc1ncnn2c(Cl)c(-c3ccc(Cl)s3)c(Br)c12. The second kappa shape index (κ2) is 14.7. The third-order valence-corrected chi connectivity index (χ3v) is 9.38. The van der Waals surface area contributed by atoms with E-state index in [-0.39, 0.29) is 25.5 Å². The van der Waals surface area contributed by atoms with E-state index in [2.05, 4.69) is 36.0 Å². The maximum atomic E-state index is 13.3. The molecule has 6 rings (SSSR count). The Labute approximate surface area is 292 Å². The second-order valence-corrected chi connectivity index (χ2v) is 12.8. The van der Waals surface area contributed by atoms with Crippen LogP contribution in [0.2, 0.25) is 9.49 Å². The number of ether oxygens (including phenoxy) is 4. The van der Waals surface area contributed by atoms with Crippen molar-refractivity contribution in [3.8, 4) is 39.2 Å². The molecule has 0 bridgehead atoms. The number of benzene rings is 2. The van der Waals surface area contributed by atoms with Crippen LogP contribution >= 0.6 is 50.5 Å². The molecule has 0 saturated heterocycles. The van der Waals surface area contributed by atoms with E-state index in [9.17, 15) is 4.79 Å². The van der Waals surface area contributed by atoms with Gasteiger partial charge in [-0.25, -0.2) is 19.3 Å². The lowest BCUT2D eigenvalue weighted by Crippen LogP contribution is -2.32. The molecule has 1 atom stereocenters. The Morgan fingerprint density at radius 2 is 1.81 bits per heavy atom. The predicted octanol–water partition coefficient (Wildman–Crippen LogP) is 8.12. The van der Waals surface area contributed by atoms with Gasteiger partial charge in [-0.1, -0.05) is 53.5 Å². The summed E-state index contributed by atoms with van der Waals surface area (Å²) in [5, 5.41) is 4.65. The minimum atomic E-state index is -1.07. The number of carbonyl (C=O) groups is 1. The number of carbonyl (C=O) groups excluding carboxylic acids is 1. The van der Waals surface area contributed by atoms with Crippen LogP contribution in [0, 0.1) is 0 Å². The molecule has 0 fully saturated rings. The molecular weight excluding hydrogens is 729 g/mol. The monoisotopic (exact) mass is 753 g/mol. The number of aromatic nitrogens is 5. The van der Waals surface area contributed by atoms with Crippen LogP contribution in [-0.2, 0) is 22.6 Å². The van der Waals surface area contributed by atoms with Crippen molar-refractivity contribution in [3.63, 3.8) is 0 Å². The van der Waals surface area contributed by atoms with E-state index < -0.39 is 12.1 Å². The summed E-state index contributed by atoms with van der Waals surface area (Å²) in [7, 11) is 1.61. The Balaban J connectivity index is 1.27. The van der Waals surface area contributed by atoms with Gasteiger partial charge in [-0.15, -0.1) is 11.3 Å². The molecule has 14 heteroatoms. The zero-order valence-electron chi connectivity index (χ0n) is 25.0. The van der Waals surface area contributed by atoms with Crippen molar-refractivity contribution in [3.05, 3.63) is 104 Å². The van der Waals surface area contributed by atoms with Crippen molar-refractivity contribution in [1.82, 2.24) is 24.6 Å². The second-order valence-electron chi connectivity index (χ2n) is 9.94. The van der Waals surface area contributed by atoms with Crippen molar-refractivity contribution in [1.29, 1.82) is 0 Å². The zero-order chi connectivity index (χ0) is 32.9. The number of nitrogens with zero attached hydrogens (tertiary/aromatic N) is 5. The molecular formula is C33H26BrCl2N5O5S. The summed E-state index contributed by atoms with van der Waals surface area (Å²) in [6.45, 7) is 2.06. The quantitative estimate of drug-likeness (QED) is 0.114. The predicted molar refractivity (Wildman–Crippen MR) is 184 cm³/mol. The molecule has 0 aliphatic heterocycles. The number of thiophene rings is 1. The zero-order valence-corrected chi connectivity index (χ0v) is 28.9. The molecule has 0 saturated carbocycles. The van der Waals surface area contributed by atoms with Gasteiger partial charge in [0.05, 0.1) is 33.8 Å². The first kappa shape index (κ1) is 32.7. The Morgan fingerprint density at radius 1 is 1.02 bits per heavy atom. The Kier molecular flexibility index (Phi) is 10.2. The van der Waals surface area contributed by atoms with Crippen molar-refractivity contribution < 1.29 is 23.7 Å². The molecule has 0 aliphatic rings. The molecule has 0 unspecified atom stereocenters. The maximum Gasteiger partial charge on any atom is 0.347 e. The summed E-state index contributed by atoms with van der Waals surface area (Å²) < 4.78 is 26.1. The van der Waals surface area contributed by atoms with E-state index >= 15 is 0 Å². The average molecular weight is 755 g/mol. The minimum absolute atomic E-state index is 0.126. The highest BCUT2D eigenvalue weighted by Crippen LogP contribution is 2.45. The van der Waals surface area contributed by atoms with Crippen molar-refractivity contribution >= 4 is 62.0 Å². The number of methoxy groups -OCH3 is 1. The molecule has 10 nitrogen and oxygen atoms in total. The highest BCUT2D eigenvalue weighted by Gasteiger charge is 2.29.